The number of nitrogen functional groups attached to an aromatic ring is 1. The second-order valence-corrected chi connectivity index (χ2v) is 9.94. The Morgan fingerprint density at radius 2 is 1.50 bits per heavy atom. The van der Waals surface area contributed by atoms with E-state index in [0.29, 0.717) is 5.92 Å². The number of aryl methyl sites for hydroxylation is 1. The van der Waals surface area contributed by atoms with Crippen molar-refractivity contribution in [2.24, 2.45) is 0 Å². The van der Waals surface area contributed by atoms with Crippen LogP contribution in [0.3, 0.4) is 0 Å². The second-order valence-electron chi connectivity index (χ2n) is 9.53. The summed E-state index contributed by atoms with van der Waals surface area (Å²) < 4.78 is 0. The summed E-state index contributed by atoms with van der Waals surface area (Å²) in [5.41, 5.74) is 10.8. The number of benzene rings is 5. The first-order chi connectivity index (χ1) is 17.7. The van der Waals surface area contributed by atoms with Gasteiger partial charge in [-0.25, -0.2) is 0 Å². The Morgan fingerprint density at radius 1 is 0.722 bits per heavy atom. The van der Waals surface area contributed by atoms with E-state index in [1.165, 1.54) is 49.0 Å². The molecule has 0 bridgehead atoms. The molecule has 36 heavy (non-hydrogen) atoms. The number of fused-ring (bicyclic) bond motifs is 6. The van der Waals surface area contributed by atoms with E-state index in [9.17, 15) is 0 Å². The van der Waals surface area contributed by atoms with Gasteiger partial charge in [0, 0.05) is 23.1 Å². The fourth-order valence-electron chi connectivity index (χ4n) is 5.54. The van der Waals surface area contributed by atoms with Crippen LogP contribution in [0.15, 0.2) is 109 Å². The van der Waals surface area contributed by atoms with Crippen LogP contribution in [0.5, 0.6) is 0 Å². The maximum atomic E-state index is 6.47. The zero-order valence-electron chi connectivity index (χ0n) is 20.0. The van der Waals surface area contributed by atoms with Crippen LogP contribution < -0.4 is 5.73 Å². The summed E-state index contributed by atoms with van der Waals surface area (Å²) in [5, 5.41) is 8.67. The third kappa shape index (κ3) is 4.29. The average Bonchev–Trinajstić information content (AvgIpc) is 2.93. The van der Waals surface area contributed by atoms with E-state index in [1.807, 2.05) is 42.7 Å². The minimum atomic E-state index is 0.466. The minimum absolute atomic E-state index is 0.466. The van der Waals surface area contributed by atoms with Crippen molar-refractivity contribution in [3.8, 4) is 0 Å². The smallest absolute Gasteiger partial charge is 0.0461 e. The van der Waals surface area contributed by atoms with Gasteiger partial charge in [0.15, 0.2) is 0 Å². The molecule has 1 heterocycles. The summed E-state index contributed by atoms with van der Waals surface area (Å²) in [6, 6.07) is 33.9. The zero-order valence-corrected chi connectivity index (χ0v) is 20.7. The van der Waals surface area contributed by atoms with Gasteiger partial charge in [0.25, 0.3) is 0 Å². The van der Waals surface area contributed by atoms with Crippen LogP contribution in [0.2, 0.25) is 5.02 Å². The lowest BCUT2D eigenvalue weighted by molar-refractivity contribution is 0.588. The van der Waals surface area contributed by atoms with Gasteiger partial charge >= 0.3 is 0 Å². The molecule has 0 spiro atoms. The van der Waals surface area contributed by atoms with Crippen molar-refractivity contribution in [1.29, 1.82) is 0 Å². The summed E-state index contributed by atoms with van der Waals surface area (Å²) in [6.45, 7) is 0. The predicted molar refractivity (Wildman–Crippen MR) is 154 cm³/mol. The Balaban J connectivity index is 0.000000200. The topological polar surface area (TPSA) is 38.9 Å². The van der Waals surface area contributed by atoms with Crippen molar-refractivity contribution in [2.45, 2.75) is 25.2 Å². The van der Waals surface area contributed by atoms with Crippen molar-refractivity contribution >= 4 is 49.6 Å². The van der Waals surface area contributed by atoms with E-state index in [2.05, 4.69) is 71.7 Å². The highest BCUT2D eigenvalue weighted by Crippen LogP contribution is 2.40. The lowest BCUT2D eigenvalue weighted by Crippen LogP contribution is -2.13. The molecule has 1 aromatic heterocycles. The quantitative estimate of drug-likeness (QED) is 0.186. The maximum absolute atomic E-state index is 6.47. The molecule has 5 aromatic carbocycles. The van der Waals surface area contributed by atoms with Crippen LogP contribution in [-0.2, 0) is 12.8 Å². The minimum Gasteiger partial charge on any atom is -0.399 e. The number of pyridine rings is 1. The lowest BCUT2D eigenvalue weighted by Gasteiger charge is -2.27. The number of rotatable bonds is 1. The Morgan fingerprint density at radius 3 is 2.33 bits per heavy atom. The summed E-state index contributed by atoms with van der Waals surface area (Å²) in [5.74, 6) is 0.466. The van der Waals surface area contributed by atoms with Gasteiger partial charge < -0.3 is 5.73 Å². The summed E-state index contributed by atoms with van der Waals surface area (Å²) >= 11 is 6.47. The Labute approximate surface area is 216 Å². The molecule has 0 saturated carbocycles. The molecule has 3 heteroatoms. The Hall–Kier alpha value is -3.88. The molecule has 6 aromatic rings. The molecule has 7 rings (SSSR count). The molecular formula is C33H27ClN2. The highest BCUT2D eigenvalue weighted by atomic mass is 35.5. The van der Waals surface area contributed by atoms with Crippen molar-refractivity contribution in [3.05, 3.63) is 131 Å². The van der Waals surface area contributed by atoms with E-state index in [4.69, 9.17) is 17.3 Å². The van der Waals surface area contributed by atoms with Gasteiger partial charge in [0.05, 0.1) is 0 Å². The van der Waals surface area contributed by atoms with Gasteiger partial charge in [0.2, 0.25) is 0 Å². The van der Waals surface area contributed by atoms with Gasteiger partial charge in [-0.15, -0.1) is 0 Å². The molecule has 2 N–H and O–H groups in total. The van der Waals surface area contributed by atoms with Crippen molar-refractivity contribution in [1.82, 2.24) is 4.98 Å². The van der Waals surface area contributed by atoms with E-state index < -0.39 is 0 Å². The molecule has 0 radical (unpaired) electrons. The van der Waals surface area contributed by atoms with E-state index in [0.717, 1.165) is 30.0 Å². The van der Waals surface area contributed by atoms with Gasteiger partial charge in [-0.1, -0.05) is 90.5 Å². The fourth-order valence-corrected chi connectivity index (χ4v) is 5.88. The van der Waals surface area contributed by atoms with Gasteiger partial charge in [0.1, 0.15) is 0 Å². The second kappa shape index (κ2) is 9.64. The van der Waals surface area contributed by atoms with Crippen molar-refractivity contribution in [2.75, 3.05) is 5.73 Å². The number of nitrogens with two attached hydrogens (primary N) is 1. The Bertz CT molecular complexity index is 1640. The van der Waals surface area contributed by atoms with Crippen LogP contribution in [0.4, 0.5) is 5.69 Å². The first kappa shape index (κ1) is 22.6. The number of anilines is 1. The highest BCUT2D eigenvalue weighted by Gasteiger charge is 2.23. The number of hydrogen-bond acceptors (Lipinski definition) is 2. The normalized spacial score (nSPS) is 14.9. The molecule has 0 amide bonds. The molecule has 1 atom stereocenters. The molecule has 1 unspecified atom stereocenters. The lowest BCUT2D eigenvalue weighted by atomic mass is 9.78. The van der Waals surface area contributed by atoms with E-state index >= 15 is 0 Å². The molecule has 0 saturated heterocycles. The number of aromatic nitrogens is 1. The van der Waals surface area contributed by atoms with Crippen molar-refractivity contribution < 1.29 is 0 Å². The monoisotopic (exact) mass is 486 g/mol. The molecule has 0 aliphatic heterocycles. The SMILES string of the molecule is Nc1ccc(C2CCc3c(ccc4c3ccc3ccccc34)C2)c(Cl)c1.c1ccc2cnccc2c1. The molecule has 0 fully saturated rings. The van der Waals surface area contributed by atoms with E-state index in [1.54, 1.807) is 0 Å². The van der Waals surface area contributed by atoms with E-state index in [-0.39, 0.29) is 0 Å². The molecule has 2 nitrogen and oxygen atoms in total. The number of halogens is 1. The molecule has 1 aliphatic carbocycles. The first-order valence-electron chi connectivity index (χ1n) is 12.4. The third-order valence-electron chi connectivity index (χ3n) is 7.36. The summed E-state index contributed by atoms with van der Waals surface area (Å²) in [4.78, 5) is 4.01. The first-order valence-corrected chi connectivity index (χ1v) is 12.8. The molecule has 176 valence electrons. The number of hydrogen-bond donors (Lipinski definition) is 1. The van der Waals surface area contributed by atoms with Gasteiger partial charge in [-0.05, 0) is 92.4 Å². The van der Waals surface area contributed by atoms with Crippen LogP contribution >= 0.6 is 11.6 Å². The molecular weight excluding hydrogens is 460 g/mol. The zero-order chi connectivity index (χ0) is 24.5. The third-order valence-corrected chi connectivity index (χ3v) is 7.69. The summed E-state index contributed by atoms with van der Waals surface area (Å²) in [6.07, 6.45) is 6.94. The summed E-state index contributed by atoms with van der Waals surface area (Å²) in [7, 11) is 0. The van der Waals surface area contributed by atoms with Crippen LogP contribution in [0, 0.1) is 0 Å². The maximum Gasteiger partial charge on any atom is 0.0461 e. The van der Waals surface area contributed by atoms with Crippen LogP contribution in [-0.4, -0.2) is 4.98 Å². The largest absolute Gasteiger partial charge is 0.399 e. The van der Waals surface area contributed by atoms with Crippen molar-refractivity contribution in [3.63, 3.8) is 0 Å². The number of nitrogens with zero attached hydrogens (tertiary/aromatic N) is 1. The fraction of sp³-hybridized carbons (Fsp3) is 0.121. The van der Waals surface area contributed by atoms with Gasteiger partial charge in [-0.3, -0.25) is 4.98 Å². The standard InChI is InChI=1S/C24H20ClN.C9H7N/c25-24-14-18(26)8-12-21(24)17-6-9-20-16(13-17)7-11-22-19-4-2-1-3-15(19)5-10-23(20)22;1-2-4-9-7-10-6-5-8(9)3-1/h1-5,7-8,10-12,14,17H,6,9,13,26H2;1-7H. The highest BCUT2D eigenvalue weighted by molar-refractivity contribution is 6.31. The van der Waals surface area contributed by atoms with Crippen LogP contribution in [0.1, 0.15) is 29.0 Å². The average molecular weight is 487 g/mol. The Kier molecular flexibility index (Phi) is 6.04. The van der Waals surface area contributed by atoms with Crippen LogP contribution in [0.25, 0.3) is 32.3 Å². The predicted octanol–water partition coefficient (Wildman–Crippen LogP) is 8.74. The van der Waals surface area contributed by atoms with Gasteiger partial charge in [-0.2, -0.15) is 0 Å². The molecule has 1 aliphatic rings.